The largest absolute Gasteiger partial charge is 0.437 e. The minimum Gasteiger partial charge on any atom is -0.437 e. The molecule has 0 aromatic rings. The highest BCUT2D eigenvalue weighted by molar-refractivity contribution is 6.87. The summed E-state index contributed by atoms with van der Waals surface area (Å²) in [5.41, 5.74) is 0. The fourth-order valence-electron chi connectivity index (χ4n) is 1.87. The van der Waals surface area contributed by atoms with Crippen LogP contribution in [0.3, 0.4) is 0 Å². The second-order valence-electron chi connectivity index (χ2n) is 6.58. The van der Waals surface area contributed by atoms with Crippen LogP contribution in [0.4, 0.5) is 13.2 Å². The summed E-state index contributed by atoms with van der Waals surface area (Å²) in [7, 11) is -6.32. The van der Waals surface area contributed by atoms with Gasteiger partial charge in [-0.3, -0.25) is 0 Å². The van der Waals surface area contributed by atoms with Gasteiger partial charge < -0.3 is 13.0 Å². The normalized spacial score (nSPS) is 14.8. The summed E-state index contributed by atoms with van der Waals surface area (Å²) >= 11 is 0. The Kier molecular flexibility index (Phi) is 6.50. The predicted molar refractivity (Wildman–Crippen MR) is 77.4 cm³/mol. The number of hydrogen-bond donors (Lipinski definition) is 0. The summed E-state index contributed by atoms with van der Waals surface area (Å²) in [5, 5.41) is 0. The van der Waals surface area contributed by atoms with Gasteiger partial charge in [0.2, 0.25) is 8.32 Å². The average molecular weight is 335 g/mol. The van der Waals surface area contributed by atoms with Crippen LogP contribution >= 0.6 is 0 Å². The van der Waals surface area contributed by atoms with Crippen LogP contribution in [0, 0.1) is 0 Å². The third-order valence-electron chi connectivity index (χ3n) is 1.79. The second kappa shape index (κ2) is 6.39. The van der Waals surface area contributed by atoms with E-state index in [2.05, 4.69) is 19.6 Å². The van der Waals surface area contributed by atoms with Crippen molar-refractivity contribution in [3.63, 3.8) is 0 Å². The Morgan fingerprint density at radius 1 is 0.842 bits per heavy atom. The molecule has 0 saturated heterocycles. The fraction of sp³-hybridized carbons (Fsp3) is 1.00. The van der Waals surface area contributed by atoms with Crippen LogP contribution in [0.5, 0.6) is 0 Å². The Balaban J connectivity index is 4.35. The molecule has 0 spiro atoms. The molecule has 0 radical (unpaired) electrons. The van der Waals surface area contributed by atoms with E-state index in [1.807, 2.05) is 26.2 Å². The van der Waals surface area contributed by atoms with Gasteiger partial charge in [0.1, 0.15) is 6.61 Å². The molecule has 9 heteroatoms. The molecule has 0 heterocycles. The summed E-state index contributed by atoms with van der Waals surface area (Å²) in [6, 6.07) is 0. The standard InChI is InChI=1S/C10H25F3O3Si3/c1-17(2,3)15-19(6,7)16-18(4,5)9-14-8-10(11,12)13/h8-9H2,1-7H3. The van der Waals surface area contributed by atoms with Crippen molar-refractivity contribution < 1.29 is 26.1 Å². The molecule has 0 fully saturated rings. The Morgan fingerprint density at radius 2 is 1.32 bits per heavy atom. The van der Waals surface area contributed by atoms with Crippen molar-refractivity contribution in [2.24, 2.45) is 0 Å². The molecule has 0 atom stereocenters. The van der Waals surface area contributed by atoms with E-state index < -0.39 is 38.0 Å². The number of ether oxygens (including phenoxy) is 1. The number of alkyl halides is 3. The smallest absolute Gasteiger partial charge is 0.411 e. The van der Waals surface area contributed by atoms with Gasteiger partial charge in [-0.2, -0.15) is 13.2 Å². The molecule has 19 heavy (non-hydrogen) atoms. The van der Waals surface area contributed by atoms with Gasteiger partial charge in [-0.1, -0.05) is 0 Å². The average Bonchev–Trinajstić information content (AvgIpc) is 1.90. The van der Waals surface area contributed by atoms with Crippen molar-refractivity contribution in [3.8, 4) is 0 Å². The summed E-state index contributed by atoms with van der Waals surface area (Å²) in [6.07, 6.45) is -4.26. The van der Waals surface area contributed by atoms with Gasteiger partial charge >= 0.3 is 14.7 Å². The lowest BCUT2D eigenvalue weighted by molar-refractivity contribution is -0.170. The van der Waals surface area contributed by atoms with E-state index in [0.29, 0.717) is 0 Å². The topological polar surface area (TPSA) is 27.7 Å². The first kappa shape index (κ1) is 19.3. The zero-order valence-electron chi connectivity index (χ0n) is 12.8. The molecule has 116 valence electrons. The molecule has 3 nitrogen and oxygen atoms in total. The highest BCUT2D eigenvalue weighted by Gasteiger charge is 2.39. The lowest BCUT2D eigenvalue weighted by Crippen LogP contribution is -2.53. The molecule has 0 N–H and O–H groups in total. The van der Waals surface area contributed by atoms with Crippen LogP contribution in [0.15, 0.2) is 0 Å². The molecular formula is C10H25F3O3Si3. The van der Waals surface area contributed by atoms with Crippen LogP contribution in [-0.4, -0.2) is 44.2 Å². The lowest BCUT2D eigenvalue weighted by Gasteiger charge is -2.37. The van der Waals surface area contributed by atoms with Crippen molar-refractivity contribution in [3.05, 3.63) is 0 Å². The summed E-state index contributed by atoms with van der Waals surface area (Å²) < 4.78 is 52.9. The van der Waals surface area contributed by atoms with Gasteiger partial charge in [-0.05, 0) is 45.8 Å². The molecule has 0 aliphatic heterocycles. The van der Waals surface area contributed by atoms with Crippen molar-refractivity contribution >= 4 is 25.2 Å². The molecule has 0 unspecified atom stereocenters. The van der Waals surface area contributed by atoms with Crippen molar-refractivity contribution in [1.29, 1.82) is 0 Å². The monoisotopic (exact) mass is 334 g/mol. The maximum absolute atomic E-state index is 12.0. The van der Waals surface area contributed by atoms with E-state index in [1.165, 1.54) is 0 Å². The summed E-state index contributed by atoms with van der Waals surface area (Å²) in [4.78, 5) is 0. The van der Waals surface area contributed by atoms with Crippen LogP contribution in [-0.2, 0) is 13.0 Å². The molecule has 0 aliphatic carbocycles. The fourth-order valence-corrected chi connectivity index (χ4v) is 14.5. The first-order valence-corrected chi connectivity index (χ1v) is 15.5. The van der Waals surface area contributed by atoms with Gasteiger partial charge in [0.25, 0.3) is 0 Å². The van der Waals surface area contributed by atoms with Crippen LogP contribution < -0.4 is 0 Å². The van der Waals surface area contributed by atoms with Gasteiger partial charge in [-0.25, -0.2) is 0 Å². The molecule has 0 amide bonds. The second-order valence-corrected chi connectivity index (χ2v) is 19.0. The molecule has 0 saturated carbocycles. The van der Waals surface area contributed by atoms with E-state index in [0.717, 1.165) is 0 Å². The minimum atomic E-state index is -4.29. The number of hydrogen-bond acceptors (Lipinski definition) is 3. The van der Waals surface area contributed by atoms with E-state index in [9.17, 15) is 13.2 Å². The Morgan fingerprint density at radius 3 is 1.68 bits per heavy atom. The maximum Gasteiger partial charge on any atom is 0.411 e. The molecule has 0 aromatic heterocycles. The molecule has 0 bridgehead atoms. The van der Waals surface area contributed by atoms with Crippen molar-refractivity contribution in [2.75, 3.05) is 12.8 Å². The van der Waals surface area contributed by atoms with Crippen molar-refractivity contribution in [2.45, 2.75) is 52.0 Å². The highest BCUT2D eigenvalue weighted by Crippen LogP contribution is 2.21. The molecule has 0 aliphatic rings. The van der Waals surface area contributed by atoms with Crippen LogP contribution in [0.1, 0.15) is 0 Å². The van der Waals surface area contributed by atoms with Gasteiger partial charge in [-0.15, -0.1) is 0 Å². The van der Waals surface area contributed by atoms with Crippen LogP contribution in [0.2, 0.25) is 45.8 Å². The Hall–Kier alpha value is 0.321. The van der Waals surface area contributed by atoms with Gasteiger partial charge in [0.15, 0.2) is 8.32 Å². The lowest BCUT2D eigenvalue weighted by atomic mass is 10.7. The Bertz CT molecular complexity index is 288. The third-order valence-corrected chi connectivity index (χ3v) is 11.3. The first-order valence-electron chi connectivity index (χ1n) is 6.17. The van der Waals surface area contributed by atoms with E-state index in [4.69, 9.17) is 13.0 Å². The molecular weight excluding hydrogens is 309 g/mol. The van der Waals surface area contributed by atoms with Crippen LogP contribution in [0.25, 0.3) is 0 Å². The molecule has 0 aromatic carbocycles. The zero-order valence-corrected chi connectivity index (χ0v) is 15.8. The third kappa shape index (κ3) is 11.8. The maximum atomic E-state index is 12.0. The summed E-state index contributed by atoms with van der Waals surface area (Å²) in [5.74, 6) is 0. The number of halogens is 3. The van der Waals surface area contributed by atoms with Gasteiger partial charge in [0.05, 0.1) is 6.23 Å². The minimum absolute atomic E-state index is 0.0258. The number of rotatable bonds is 7. The van der Waals surface area contributed by atoms with E-state index in [1.54, 1.807) is 0 Å². The predicted octanol–water partition coefficient (Wildman–Crippen LogP) is 3.88. The Labute approximate surface area is 116 Å². The van der Waals surface area contributed by atoms with E-state index >= 15 is 0 Å². The van der Waals surface area contributed by atoms with E-state index in [-0.39, 0.29) is 6.23 Å². The summed E-state index contributed by atoms with van der Waals surface area (Å²) in [6.45, 7) is 12.6. The zero-order chi connectivity index (χ0) is 15.5. The highest BCUT2D eigenvalue weighted by atomic mass is 28.5. The molecule has 0 rings (SSSR count). The van der Waals surface area contributed by atoms with Crippen molar-refractivity contribution in [1.82, 2.24) is 0 Å². The SMILES string of the molecule is C[Si](C)(C)O[Si](C)(C)O[Si](C)(C)COCC(F)(F)F. The van der Waals surface area contributed by atoms with Gasteiger partial charge in [0, 0.05) is 0 Å². The quantitative estimate of drug-likeness (QED) is 0.661. The first-order chi connectivity index (χ1) is 8.12.